The lowest BCUT2D eigenvalue weighted by molar-refractivity contribution is 0.602. The van der Waals surface area contributed by atoms with Gasteiger partial charge in [-0.2, -0.15) is 0 Å². The molecule has 0 aromatic carbocycles. The Hall–Kier alpha value is -0.920. The Balaban J connectivity index is 2.37. The second-order valence-corrected chi connectivity index (χ2v) is 7.48. The summed E-state index contributed by atoms with van der Waals surface area (Å²) in [7, 11) is -3.58. The van der Waals surface area contributed by atoms with Crippen LogP contribution in [0, 0.1) is 13.8 Å². The van der Waals surface area contributed by atoms with E-state index in [1.807, 2.05) is 19.9 Å². The van der Waals surface area contributed by atoms with Gasteiger partial charge in [-0.1, -0.05) is 0 Å². The van der Waals surface area contributed by atoms with Gasteiger partial charge in [0, 0.05) is 10.2 Å². The van der Waals surface area contributed by atoms with Gasteiger partial charge in [0.05, 0.1) is 0 Å². The zero-order valence-corrected chi connectivity index (χ0v) is 13.0. The number of hydrogen-bond acceptors (Lipinski definition) is 4. The first-order valence-corrected chi connectivity index (χ1v) is 8.25. The summed E-state index contributed by atoms with van der Waals surface area (Å²) in [6, 6.07) is 5.29. The number of sulfonamides is 1. The fourth-order valence-corrected chi connectivity index (χ4v) is 4.88. The van der Waals surface area contributed by atoms with E-state index in [2.05, 4.69) is 25.6 Å². The van der Waals surface area contributed by atoms with Gasteiger partial charge in [0.15, 0.2) is 4.21 Å². The van der Waals surface area contributed by atoms with Crippen LogP contribution in [0.15, 0.2) is 32.3 Å². The molecule has 18 heavy (non-hydrogen) atoms. The molecule has 2 aromatic rings. The molecule has 2 aromatic heterocycles. The summed E-state index contributed by atoms with van der Waals surface area (Å²) in [5, 5.41) is 1.72. The lowest BCUT2D eigenvalue weighted by Crippen LogP contribution is -2.13. The highest BCUT2D eigenvalue weighted by atomic mass is 79.9. The molecule has 1 N–H and O–H groups in total. The van der Waals surface area contributed by atoms with Crippen molar-refractivity contribution in [1.82, 2.24) is 4.98 Å². The zero-order valence-electron chi connectivity index (χ0n) is 9.77. The molecular formula is C11H11BrN2O2S2. The van der Waals surface area contributed by atoms with E-state index >= 15 is 0 Å². The van der Waals surface area contributed by atoms with E-state index in [4.69, 9.17) is 0 Å². The Labute approximate surface area is 118 Å². The van der Waals surface area contributed by atoms with Crippen molar-refractivity contribution in [2.75, 3.05) is 4.72 Å². The third-order valence-electron chi connectivity index (χ3n) is 2.17. The van der Waals surface area contributed by atoms with E-state index < -0.39 is 10.0 Å². The molecule has 96 valence electrons. The molecule has 7 heteroatoms. The molecule has 0 amide bonds. The number of rotatable bonds is 3. The summed E-state index contributed by atoms with van der Waals surface area (Å²) in [6.07, 6.45) is 0. The maximum absolute atomic E-state index is 12.1. The van der Waals surface area contributed by atoms with Crippen LogP contribution in [-0.4, -0.2) is 13.4 Å². The average Bonchev–Trinajstić information content (AvgIpc) is 2.62. The molecule has 0 atom stereocenters. The summed E-state index contributed by atoms with van der Waals surface area (Å²) in [6.45, 7) is 3.72. The van der Waals surface area contributed by atoms with Gasteiger partial charge in [0.25, 0.3) is 10.0 Å². The van der Waals surface area contributed by atoms with Crippen LogP contribution in [0.3, 0.4) is 0 Å². The number of hydrogen-bond donors (Lipinski definition) is 1. The molecule has 0 unspecified atom stereocenters. The minimum Gasteiger partial charge on any atom is -0.263 e. The molecule has 0 bridgehead atoms. The largest absolute Gasteiger partial charge is 0.273 e. The van der Waals surface area contributed by atoms with Crippen molar-refractivity contribution in [3.05, 3.63) is 39.3 Å². The van der Waals surface area contributed by atoms with Crippen molar-refractivity contribution in [3.63, 3.8) is 0 Å². The quantitative estimate of drug-likeness (QED) is 0.927. The van der Waals surface area contributed by atoms with E-state index in [9.17, 15) is 8.42 Å². The Bertz CT molecular complexity index is 660. The number of thiophene rings is 1. The lowest BCUT2D eigenvalue weighted by Gasteiger charge is -2.07. The Morgan fingerprint density at radius 2 is 2.06 bits per heavy atom. The lowest BCUT2D eigenvalue weighted by atomic mass is 10.2. The molecule has 0 saturated carbocycles. The molecule has 4 nitrogen and oxygen atoms in total. The molecule has 2 heterocycles. The van der Waals surface area contributed by atoms with Crippen LogP contribution in [0.1, 0.15) is 11.3 Å². The minimum atomic E-state index is -3.58. The second kappa shape index (κ2) is 4.99. The Kier molecular flexibility index (Phi) is 3.74. The summed E-state index contributed by atoms with van der Waals surface area (Å²) in [5.74, 6) is 0.341. The van der Waals surface area contributed by atoms with Crippen LogP contribution >= 0.6 is 27.3 Å². The first kappa shape index (κ1) is 13.5. The monoisotopic (exact) mass is 346 g/mol. The molecule has 0 spiro atoms. The smallest absolute Gasteiger partial charge is 0.263 e. The van der Waals surface area contributed by atoms with E-state index in [0.29, 0.717) is 10.3 Å². The molecule has 0 aliphatic heterocycles. The third kappa shape index (κ3) is 2.90. The fraction of sp³-hybridized carbons (Fsp3) is 0.182. The van der Waals surface area contributed by atoms with Gasteiger partial charge in [0.2, 0.25) is 0 Å². The van der Waals surface area contributed by atoms with Gasteiger partial charge in [-0.05, 0) is 58.9 Å². The van der Waals surface area contributed by atoms with Crippen molar-refractivity contribution in [2.45, 2.75) is 18.1 Å². The topological polar surface area (TPSA) is 59.1 Å². The highest BCUT2D eigenvalue weighted by Gasteiger charge is 2.19. The molecule has 2 rings (SSSR count). The number of aryl methyl sites for hydroxylation is 2. The van der Waals surface area contributed by atoms with E-state index in [0.717, 1.165) is 22.6 Å². The summed E-state index contributed by atoms with van der Waals surface area (Å²) < 4.78 is 27.6. The van der Waals surface area contributed by atoms with E-state index in [1.165, 1.54) is 0 Å². The zero-order chi connectivity index (χ0) is 13.3. The number of halogens is 1. The highest BCUT2D eigenvalue weighted by molar-refractivity contribution is 9.10. The van der Waals surface area contributed by atoms with Gasteiger partial charge in [0.1, 0.15) is 5.82 Å². The van der Waals surface area contributed by atoms with Crippen LogP contribution in [0.25, 0.3) is 0 Å². The molecular weight excluding hydrogens is 336 g/mol. The van der Waals surface area contributed by atoms with E-state index in [-0.39, 0.29) is 4.21 Å². The second-order valence-electron chi connectivity index (χ2n) is 3.83. The number of aromatic nitrogens is 1. The molecule has 0 fully saturated rings. The molecule has 0 radical (unpaired) electrons. The summed E-state index contributed by atoms with van der Waals surface area (Å²) in [5.41, 5.74) is 1.74. The van der Waals surface area contributed by atoms with Crippen LogP contribution < -0.4 is 4.72 Å². The van der Waals surface area contributed by atoms with Gasteiger partial charge < -0.3 is 0 Å². The standard InChI is InChI=1S/C11H11BrN2O2S2/c1-7-5-8(2)13-10(6-7)14-18(15,16)11-9(12)3-4-17-11/h3-6H,1-2H3,(H,13,14). The number of anilines is 1. The van der Waals surface area contributed by atoms with Crippen LogP contribution in [-0.2, 0) is 10.0 Å². The first-order chi connectivity index (χ1) is 8.38. The average molecular weight is 347 g/mol. The van der Waals surface area contributed by atoms with Crippen molar-refractivity contribution in [3.8, 4) is 0 Å². The molecule has 0 saturated heterocycles. The maximum atomic E-state index is 12.1. The number of nitrogens with one attached hydrogen (secondary N) is 1. The first-order valence-electron chi connectivity index (χ1n) is 5.09. The van der Waals surface area contributed by atoms with Crippen molar-refractivity contribution < 1.29 is 8.42 Å². The Morgan fingerprint density at radius 3 is 2.61 bits per heavy atom. The Morgan fingerprint density at radius 1 is 1.33 bits per heavy atom. The SMILES string of the molecule is Cc1cc(C)nc(NS(=O)(=O)c2sccc2Br)c1. The highest BCUT2D eigenvalue weighted by Crippen LogP contribution is 2.29. The predicted octanol–water partition coefficient (Wildman–Crippen LogP) is 3.32. The minimum absolute atomic E-state index is 0.253. The summed E-state index contributed by atoms with van der Waals surface area (Å²) in [4.78, 5) is 4.16. The molecule has 0 aliphatic rings. The number of pyridine rings is 1. The van der Waals surface area contributed by atoms with Crippen LogP contribution in [0.4, 0.5) is 5.82 Å². The number of nitrogens with zero attached hydrogens (tertiary/aromatic N) is 1. The van der Waals surface area contributed by atoms with Crippen molar-refractivity contribution in [2.24, 2.45) is 0 Å². The van der Waals surface area contributed by atoms with Crippen molar-refractivity contribution in [1.29, 1.82) is 0 Å². The van der Waals surface area contributed by atoms with Crippen LogP contribution in [0.5, 0.6) is 0 Å². The van der Waals surface area contributed by atoms with Gasteiger partial charge in [-0.3, -0.25) is 4.72 Å². The normalized spacial score (nSPS) is 11.5. The fourth-order valence-electron chi connectivity index (χ4n) is 1.55. The third-order valence-corrected chi connectivity index (χ3v) is 6.19. The molecule has 0 aliphatic carbocycles. The van der Waals surface area contributed by atoms with Gasteiger partial charge >= 0.3 is 0 Å². The van der Waals surface area contributed by atoms with Gasteiger partial charge in [-0.25, -0.2) is 13.4 Å². The van der Waals surface area contributed by atoms with Gasteiger partial charge in [-0.15, -0.1) is 11.3 Å². The predicted molar refractivity (Wildman–Crippen MR) is 76.5 cm³/mol. The maximum Gasteiger partial charge on any atom is 0.273 e. The van der Waals surface area contributed by atoms with E-state index in [1.54, 1.807) is 17.5 Å². The summed E-state index contributed by atoms with van der Waals surface area (Å²) >= 11 is 4.37. The van der Waals surface area contributed by atoms with Crippen molar-refractivity contribution >= 4 is 43.1 Å². The van der Waals surface area contributed by atoms with Crippen LogP contribution in [0.2, 0.25) is 0 Å².